The summed E-state index contributed by atoms with van der Waals surface area (Å²) in [5.74, 6) is 6.13. The second kappa shape index (κ2) is 3.98. The van der Waals surface area contributed by atoms with E-state index in [1.54, 1.807) is 0 Å². The molecule has 1 aliphatic heterocycles. The average Bonchev–Trinajstić information content (AvgIpc) is 2.64. The van der Waals surface area contributed by atoms with Crippen LogP contribution in [0, 0.1) is 0 Å². The third-order valence-corrected chi connectivity index (χ3v) is 2.51. The fourth-order valence-electron chi connectivity index (χ4n) is 1.75. The minimum Gasteiger partial charge on any atom is -0.493 e. The molecule has 0 spiro atoms. The summed E-state index contributed by atoms with van der Waals surface area (Å²) in [4.78, 5) is 4.74. The molecular weight excluding hydrogens is 178 g/mol. The first kappa shape index (κ1) is 9.49. The molecule has 1 aromatic carbocycles. The molecule has 1 aliphatic rings. The van der Waals surface area contributed by atoms with Gasteiger partial charge in [0.25, 0.3) is 0 Å². The van der Waals surface area contributed by atoms with Crippen molar-refractivity contribution in [2.24, 2.45) is 5.90 Å². The van der Waals surface area contributed by atoms with E-state index in [-0.39, 0.29) is 6.10 Å². The van der Waals surface area contributed by atoms with Crippen molar-refractivity contribution in [2.45, 2.75) is 25.9 Å². The van der Waals surface area contributed by atoms with Crippen molar-refractivity contribution in [3.63, 3.8) is 0 Å². The number of benzene rings is 1. The highest BCUT2D eigenvalue weighted by molar-refractivity contribution is 5.39. The van der Waals surface area contributed by atoms with Gasteiger partial charge in [-0.25, -0.2) is 5.90 Å². The van der Waals surface area contributed by atoms with Crippen LogP contribution < -0.4 is 10.6 Å². The van der Waals surface area contributed by atoms with Gasteiger partial charge in [0.05, 0.1) is 12.7 Å². The normalized spacial score (nSPS) is 16.1. The summed E-state index contributed by atoms with van der Waals surface area (Å²) in [6, 6.07) is 6.28. The lowest BCUT2D eigenvalue weighted by Crippen LogP contribution is -2.15. The van der Waals surface area contributed by atoms with E-state index < -0.39 is 0 Å². The van der Waals surface area contributed by atoms with Crippen molar-refractivity contribution >= 4 is 0 Å². The van der Waals surface area contributed by atoms with Crippen molar-refractivity contribution < 1.29 is 9.57 Å². The molecule has 1 atom stereocenters. The molecule has 0 aliphatic carbocycles. The summed E-state index contributed by atoms with van der Waals surface area (Å²) in [5, 5.41) is 0. The van der Waals surface area contributed by atoms with Gasteiger partial charge in [-0.05, 0) is 24.1 Å². The third kappa shape index (κ3) is 1.89. The number of hydrogen-bond donors (Lipinski definition) is 1. The zero-order valence-corrected chi connectivity index (χ0v) is 8.32. The van der Waals surface area contributed by atoms with Gasteiger partial charge in [0, 0.05) is 12.8 Å². The van der Waals surface area contributed by atoms with Crippen molar-refractivity contribution in [3.8, 4) is 5.75 Å². The van der Waals surface area contributed by atoms with E-state index in [2.05, 4.69) is 12.1 Å². The molecule has 14 heavy (non-hydrogen) atoms. The van der Waals surface area contributed by atoms with E-state index in [9.17, 15) is 0 Å². The van der Waals surface area contributed by atoms with Gasteiger partial charge in [0.15, 0.2) is 0 Å². The molecular formula is C11H15NO2. The summed E-state index contributed by atoms with van der Waals surface area (Å²) < 4.78 is 5.43. The van der Waals surface area contributed by atoms with E-state index in [0.29, 0.717) is 0 Å². The van der Waals surface area contributed by atoms with Gasteiger partial charge in [-0.15, -0.1) is 0 Å². The van der Waals surface area contributed by atoms with Crippen LogP contribution >= 0.6 is 0 Å². The van der Waals surface area contributed by atoms with Gasteiger partial charge >= 0.3 is 0 Å². The maximum absolute atomic E-state index is 5.43. The standard InChI is InChI=1S/C11H15NO2/c1-8(14-12)6-9-2-3-11-10(7-9)4-5-13-11/h2-3,7-8H,4-6,12H2,1H3. The topological polar surface area (TPSA) is 44.5 Å². The number of ether oxygens (including phenoxy) is 1. The smallest absolute Gasteiger partial charge is 0.122 e. The predicted molar refractivity (Wildman–Crippen MR) is 54.1 cm³/mol. The minimum absolute atomic E-state index is 0.0652. The maximum Gasteiger partial charge on any atom is 0.122 e. The largest absolute Gasteiger partial charge is 0.493 e. The van der Waals surface area contributed by atoms with Gasteiger partial charge in [-0.1, -0.05) is 12.1 Å². The van der Waals surface area contributed by atoms with Gasteiger partial charge in [0.1, 0.15) is 5.75 Å². The fraction of sp³-hybridized carbons (Fsp3) is 0.455. The lowest BCUT2D eigenvalue weighted by atomic mass is 10.0. The van der Waals surface area contributed by atoms with Crippen LogP contribution in [0.1, 0.15) is 18.1 Å². The van der Waals surface area contributed by atoms with Crippen LogP contribution in [-0.2, 0) is 17.7 Å². The first-order valence-electron chi connectivity index (χ1n) is 4.89. The van der Waals surface area contributed by atoms with Crippen LogP contribution in [0.5, 0.6) is 5.75 Å². The van der Waals surface area contributed by atoms with E-state index >= 15 is 0 Å². The molecule has 1 heterocycles. The summed E-state index contributed by atoms with van der Waals surface area (Å²) in [7, 11) is 0. The van der Waals surface area contributed by atoms with Gasteiger partial charge in [0.2, 0.25) is 0 Å². The lowest BCUT2D eigenvalue weighted by molar-refractivity contribution is 0.0670. The molecule has 0 radical (unpaired) electrons. The predicted octanol–water partition coefficient (Wildman–Crippen LogP) is 1.44. The number of nitrogens with two attached hydrogens (primary N) is 1. The van der Waals surface area contributed by atoms with E-state index in [1.165, 1.54) is 11.1 Å². The first-order valence-corrected chi connectivity index (χ1v) is 4.89. The Kier molecular flexibility index (Phi) is 2.70. The van der Waals surface area contributed by atoms with Crippen LogP contribution in [0.3, 0.4) is 0 Å². The zero-order chi connectivity index (χ0) is 9.97. The molecule has 0 saturated carbocycles. The molecule has 3 heteroatoms. The SMILES string of the molecule is CC(Cc1ccc2c(c1)CCO2)ON. The third-order valence-electron chi connectivity index (χ3n) is 2.51. The molecule has 2 N–H and O–H groups in total. The van der Waals surface area contributed by atoms with Crippen LogP contribution in [0.15, 0.2) is 18.2 Å². The highest BCUT2D eigenvalue weighted by Gasteiger charge is 2.12. The lowest BCUT2D eigenvalue weighted by Gasteiger charge is -2.09. The van der Waals surface area contributed by atoms with E-state index in [0.717, 1.165) is 25.2 Å². The second-order valence-electron chi connectivity index (χ2n) is 3.69. The molecule has 76 valence electrons. The average molecular weight is 193 g/mol. The molecule has 1 aromatic rings. The van der Waals surface area contributed by atoms with Crippen molar-refractivity contribution in [2.75, 3.05) is 6.61 Å². The monoisotopic (exact) mass is 193 g/mol. The number of fused-ring (bicyclic) bond motifs is 1. The molecule has 1 unspecified atom stereocenters. The Morgan fingerprint density at radius 1 is 1.57 bits per heavy atom. The van der Waals surface area contributed by atoms with Gasteiger partial charge < -0.3 is 9.57 Å². The maximum atomic E-state index is 5.43. The Morgan fingerprint density at radius 2 is 2.43 bits per heavy atom. The molecule has 2 rings (SSSR count). The Bertz CT molecular complexity index is 325. The highest BCUT2D eigenvalue weighted by Crippen LogP contribution is 2.26. The molecule has 0 bridgehead atoms. The van der Waals surface area contributed by atoms with Crippen LogP contribution in [0.25, 0.3) is 0 Å². The van der Waals surface area contributed by atoms with E-state index in [1.807, 2.05) is 13.0 Å². The zero-order valence-electron chi connectivity index (χ0n) is 8.32. The summed E-state index contributed by atoms with van der Waals surface area (Å²) in [6.07, 6.45) is 1.93. The van der Waals surface area contributed by atoms with Crippen molar-refractivity contribution in [3.05, 3.63) is 29.3 Å². The quantitative estimate of drug-likeness (QED) is 0.739. The Morgan fingerprint density at radius 3 is 3.21 bits per heavy atom. The number of rotatable bonds is 3. The highest BCUT2D eigenvalue weighted by atomic mass is 16.6. The van der Waals surface area contributed by atoms with E-state index in [4.69, 9.17) is 15.5 Å². The first-order chi connectivity index (χ1) is 6.79. The Balaban J connectivity index is 2.12. The fourth-order valence-corrected chi connectivity index (χ4v) is 1.75. The molecule has 0 amide bonds. The number of hydrogen-bond acceptors (Lipinski definition) is 3. The Hall–Kier alpha value is -1.06. The summed E-state index contributed by atoms with van der Waals surface area (Å²) in [5.41, 5.74) is 2.55. The molecule has 3 nitrogen and oxygen atoms in total. The van der Waals surface area contributed by atoms with Crippen molar-refractivity contribution in [1.82, 2.24) is 0 Å². The molecule has 0 aromatic heterocycles. The summed E-state index contributed by atoms with van der Waals surface area (Å²) in [6.45, 7) is 2.77. The molecule has 0 saturated heterocycles. The minimum atomic E-state index is 0.0652. The van der Waals surface area contributed by atoms with Crippen molar-refractivity contribution in [1.29, 1.82) is 0 Å². The molecule has 0 fully saturated rings. The van der Waals surface area contributed by atoms with Crippen LogP contribution in [0.2, 0.25) is 0 Å². The van der Waals surface area contributed by atoms with Gasteiger partial charge in [-0.2, -0.15) is 0 Å². The van der Waals surface area contributed by atoms with Crippen LogP contribution in [-0.4, -0.2) is 12.7 Å². The van der Waals surface area contributed by atoms with Gasteiger partial charge in [-0.3, -0.25) is 0 Å². The Labute approximate surface area is 83.8 Å². The van der Waals surface area contributed by atoms with Crippen LogP contribution in [0.4, 0.5) is 0 Å². The second-order valence-corrected chi connectivity index (χ2v) is 3.69. The summed E-state index contributed by atoms with van der Waals surface area (Å²) >= 11 is 0.